The molecule has 0 spiro atoms. The van der Waals surface area contributed by atoms with Crippen LogP contribution in [0.1, 0.15) is 32.3 Å². The van der Waals surface area contributed by atoms with Gasteiger partial charge in [0.1, 0.15) is 0 Å². The van der Waals surface area contributed by atoms with Crippen molar-refractivity contribution in [2.45, 2.75) is 45.2 Å². The Morgan fingerprint density at radius 2 is 2.05 bits per heavy atom. The molecular weight excluding hydrogens is 252 g/mol. The number of rotatable bonds is 5. The summed E-state index contributed by atoms with van der Waals surface area (Å²) in [5.74, 6) is 0.167. The predicted octanol–water partition coefficient (Wildman–Crippen LogP) is 1.71. The molecule has 1 aromatic rings. The topological polar surface area (TPSA) is 52.6 Å². The van der Waals surface area contributed by atoms with Crippen molar-refractivity contribution in [1.29, 1.82) is 0 Å². The molecule has 4 nitrogen and oxygen atoms in total. The summed E-state index contributed by atoms with van der Waals surface area (Å²) >= 11 is 0. The van der Waals surface area contributed by atoms with Crippen LogP contribution in [0.15, 0.2) is 24.3 Å². The summed E-state index contributed by atoms with van der Waals surface area (Å²) in [7, 11) is 0. The first-order chi connectivity index (χ1) is 9.61. The molecule has 1 amide bonds. The number of amides is 1. The molecule has 1 aromatic carbocycles. The molecule has 1 heterocycles. The standard InChI is InChI=1S/C16H24N2O2/c1-12(2)17-15-4-3-10-18(16(15)20)14-7-5-13(6-8-14)9-11-19/h5-8,12,15,17,19H,3-4,9-11H2,1-2H3. The first-order valence-electron chi connectivity index (χ1n) is 7.39. The molecule has 2 rings (SSSR count). The quantitative estimate of drug-likeness (QED) is 0.861. The number of aliphatic hydroxyl groups excluding tert-OH is 1. The molecule has 4 heteroatoms. The lowest BCUT2D eigenvalue weighted by Crippen LogP contribution is -2.52. The minimum atomic E-state index is -0.0686. The molecule has 1 unspecified atom stereocenters. The van der Waals surface area contributed by atoms with Crippen LogP contribution in [0.2, 0.25) is 0 Å². The van der Waals surface area contributed by atoms with Crippen molar-refractivity contribution in [1.82, 2.24) is 5.32 Å². The number of piperidine rings is 1. The number of nitrogens with one attached hydrogen (secondary N) is 1. The minimum Gasteiger partial charge on any atom is -0.396 e. The van der Waals surface area contributed by atoms with E-state index < -0.39 is 0 Å². The lowest BCUT2D eigenvalue weighted by molar-refractivity contribution is -0.121. The van der Waals surface area contributed by atoms with Gasteiger partial charge in [-0.2, -0.15) is 0 Å². The average molecular weight is 276 g/mol. The molecule has 1 aliphatic rings. The third-order valence-corrected chi connectivity index (χ3v) is 3.62. The second-order valence-corrected chi connectivity index (χ2v) is 5.65. The van der Waals surface area contributed by atoms with E-state index in [-0.39, 0.29) is 18.6 Å². The summed E-state index contributed by atoms with van der Waals surface area (Å²) in [5.41, 5.74) is 2.05. The van der Waals surface area contributed by atoms with Crippen molar-refractivity contribution in [3.63, 3.8) is 0 Å². The fourth-order valence-electron chi connectivity index (χ4n) is 2.66. The first kappa shape index (κ1) is 15.0. The molecule has 1 fully saturated rings. The highest BCUT2D eigenvalue weighted by molar-refractivity contribution is 5.97. The van der Waals surface area contributed by atoms with Gasteiger partial charge in [0.05, 0.1) is 6.04 Å². The van der Waals surface area contributed by atoms with Gasteiger partial charge in [0.2, 0.25) is 5.91 Å². The van der Waals surface area contributed by atoms with Crippen LogP contribution in [0.25, 0.3) is 0 Å². The molecule has 110 valence electrons. The van der Waals surface area contributed by atoms with E-state index in [9.17, 15) is 4.79 Å². The van der Waals surface area contributed by atoms with Crippen LogP contribution in [-0.4, -0.2) is 36.2 Å². The maximum absolute atomic E-state index is 12.5. The molecule has 0 bridgehead atoms. The van der Waals surface area contributed by atoms with Crippen LogP contribution in [-0.2, 0) is 11.2 Å². The molecule has 1 saturated heterocycles. The molecule has 1 aliphatic heterocycles. The van der Waals surface area contributed by atoms with E-state index in [1.807, 2.05) is 29.2 Å². The van der Waals surface area contributed by atoms with Crippen molar-refractivity contribution < 1.29 is 9.90 Å². The van der Waals surface area contributed by atoms with Gasteiger partial charge in [0.25, 0.3) is 0 Å². The zero-order valence-electron chi connectivity index (χ0n) is 12.3. The Bertz CT molecular complexity index is 442. The largest absolute Gasteiger partial charge is 0.396 e. The van der Waals surface area contributed by atoms with Gasteiger partial charge in [-0.25, -0.2) is 0 Å². The van der Waals surface area contributed by atoms with Crippen molar-refractivity contribution >= 4 is 11.6 Å². The SMILES string of the molecule is CC(C)NC1CCCN(c2ccc(CCO)cc2)C1=O. The number of carbonyl (C=O) groups excluding carboxylic acids is 1. The highest BCUT2D eigenvalue weighted by Gasteiger charge is 2.29. The van der Waals surface area contributed by atoms with E-state index in [1.165, 1.54) is 0 Å². The Kier molecular flexibility index (Phi) is 5.15. The van der Waals surface area contributed by atoms with Crippen molar-refractivity contribution in [2.24, 2.45) is 0 Å². The van der Waals surface area contributed by atoms with E-state index >= 15 is 0 Å². The van der Waals surface area contributed by atoms with E-state index in [0.717, 1.165) is 30.6 Å². The third-order valence-electron chi connectivity index (χ3n) is 3.62. The number of benzene rings is 1. The van der Waals surface area contributed by atoms with E-state index in [1.54, 1.807) is 0 Å². The van der Waals surface area contributed by atoms with Crippen LogP contribution in [0.4, 0.5) is 5.69 Å². The van der Waals surface area contributed by atoms with Crippen molar-refractivity contribution in [2.75, 3.05) is 18.1 Å². The van der Waals surface area contributed by atoms with Gasteiger partial charge in [-0.05, 0) is 37.0 Å². The highest BCUT2D eigenvalue weighted by Crippen LogP contribution is 2.22. The average Bonchev–Trinajstić information content (AvgIpc) is 2.42. The summed E-state index contributed by atoms with van der Waals surface area (Å²) < 4.78 is 0. The van der Waals surface area contributed by atoms with Crippen LogP contribution in [0.3, 0.4) is 0 Å². The fourth-order valence-corrected chi connectivity index (χ4v) is 2.66. The number of hydrogen-bond acceptors (Lipinski definition) is 3. The number of hydrogen-bond donors (Lipinski definition) is 2. The number of nitrogens with zero attached hydrogens (tertiary/aromatic N) is 1. The molecule has 0 aliphatic carbocycles. The Balaban J connectivity index is 2.08. The maximum Gasteiger partial charge on any atom is 0.244 e. The fraction of sp³-hybridized carbons (Fsp3) is 0.562. The van der Waals surface area contributed by atoms with Gasteiger partial charge >= 0.3 is 0 Å². The molecule has 1 atom stereocenters. The summed E-state index contributed by atoms with van der Waals surface area (Å²) in [5, 5.41) is 12.3. The van der Waals surface area contributed by atoms with Crippen LogP contribution >= 0.6 is 0 Å². The van der Waals surface area contributed by atoms with Gasteiger partial charge in [-0.15, -0.1) is 0 Å². The second-order valence-electron chi connectivity index (χ2n) is 5.65. The van der Waals surface area contributed by atoms with Gasteiger partial charge < -0.3 is 15.3 Å². The van der Waals surface area contributed by atoms with Gasteiger partial charge in [-0.3, -0.25) is 4.79 Å². The second kappa shape index (κ2) is 6.86. The lowest BCUT2D eigenvalue weighted by atomic mass is 10.0. The predicted molar refractivity (Wildman–Crippen MR) is 80.9 cm³/mol. The van der Waals surface area contributed by atoms with Crippen molar-refractivity contribution in [3.8, 4) is 0 Å². The normalized spacial score (nSPS) is 19.7. The lowest BCUT2D eigenvalue weighted by Gasteiger charge is -2.33. The Morgan fingerprint density at radius 3 is 2.65 bits per heavy atom. The highest BCUT2D eigenvalue weighted by atomic mass is 16.3. The van der Waals surface area contributed by atoms with Gasteiger partial charge in [0.15, 0.2) is 0 Å². The zero-order valence-corrected chi connectivity index (χ0v) is 12.3. The monoisotopic (exact) mass is 276 g/mol. The molecular formula is C16H24N2O2. The van der Waals surface area contributed by atoms with E-state index in [0.29, 0.717) is 12.5 Å². The Hall–Kier alpha value is -1.39. The smallest absolute Gasteiger partial charge is 0.244 e. The number of anilines is 1. The summed E-state index contributed by atoms with van der Waals surface area (Å²) in [6, 6.07) is 8.16. The van der Waals surface area contributed by atoms with Crippen LogP contribution in [0.5, 0.6) is 0 Å². The Labute approximate surface area is 120 Å². The zero-order chi connectivity index (χ0) is 14.5. The van der Waals surface area contributed by atoms with E-state index in [2.05, 4.69) is 19.2 Å². The number of carbonyl (C=O) groups is 1. The maximum atomic E-state index is 12.5. The molecule has 20 heavy (non-hydrogen) atoms. The molecule has 2 N–H and O–H groups in total. The first-order valence-corrected chi connectivity index (χ1v) is 7.39. The van der Waals surface area contributed by atoms with Gasteiger partial charge in [0, 0.05) is 24.9 Å². The van der Waals surface area contributed by atoms with Crippen molar-refractivity contribution in [3.05, 3.63) is 29.8 Å². The van der Waals surface area contributed by atoms with Gasteiger partial charge in [-0.1, -0.05) is 26.0 Å². The minimum absolute atomic E-state index is 0.0686. The Morgan fingerprint density at radius 1 is 1.35 bits per heavy atom. The van der Waals surface area contributed by atoms with Crippen LogP contribution < -0.4 is 10.2 Å². The molecule has 0 saturated carbocycles. The number of aliphatic hydroxyl groups is 1. The third kappa shape index (κ3) is 3.58. The summed E-state index contributed by atoms with van der Waals surface area (Å²) in [6.07, 6.45) is 2.59. The summed E-state index contributed by atoms with van der Waals surface area (Å²) in [4.78, 5) is 14.4. The summed E-state index contributed by atoms with van der Waals surface area (Å²) in [6.45, 7) is 5.07. The molecule has 0 radical (unpaired) electrons. The van der Waals surface area contributed by atoms with E-state index in [4.69, 9.17) is 5.11 Å². The van der Waals surface area contributed by atoms with Crippen LogP contribution in [0, 0.1) is 0 Å². The molecule has 0 aromatic heterocycles.